The third-order valence-electron chi connectivity index (χ3n) is 3.09. The molecule has 2 N–H and O–H groups in total. The Morgan fingerprint density at radius 1 is 1.29 bits per heavy atom. The number of carbonyl (C=O) groups excluding carboxylic acids is 1. The maximum absolute atomic E-state index is 12.4. The summed E-state index contributed by atoms with van der Waals surface area (Å²) in [5, 5.41) is 11.7. The van der Waals surface area contributed by atoms with E-state index in [0.717, 1.165) is 16.8 Å². The predicted octanol–water partition coefficient (Wildman–Crippen LogP) is 2.29. The minimum atomic E-state index is -0.257. The maximum Gasteiger partial charge on any atom is 0.257 e. The number of aliphatic hydroxyl groups excluding tert-OH is 1. The number of benzene rings is 1. The fourth-order valence-electron chi connectivity index (χ4n) is 2.02. The highest BCUT2D eigenvalue weighted by molar-refractivity contribution is 6.06. The fraction of sp³-hybridized carbons (Fsp3) is 0.176. The molecule has 0 aliphatic rings. The lowest BCUT2D eigenvalue weighted by Gasteiger charge is -2.12. The maximum atomic E-state index is 12.4. The van der Waals surface area contributed by atoms with Gasteiger partial charge in [0, 0.05) is 18.1 Å². The fourth-order valence-corrected chi connectivity index (χ4v) is 2.02. The predicted molar refractivity (Wildman–Crippen MR) is 82.1 cm³/mol. The summed E-state index contributed by atoms with van der Waals surface area (Å²) in [6.45, 7) is 3.64. The number of aryl methyl sites for hydroxylation is 2. The molecule has 106 valence electrons. The number of pyridine rings is 1. The second kappa shape index (κ2) is 6.69. The molecule has 2 aromatic rings. The summed E-state index contributed by atoms with van der Waals surface area (Å²) in [5.74, 6) is 5.03. The molecule has 1 amide bonds. The molecule has 0 spiro atoms. The summed E-state index contributed by atoms with van der Waals surface area (Å²) in [4.78, 5) is 16.4. The smallest absolute Gasteiger partial charge is 0.257 e. The number of para-hydroxylation sites is 1. The zero-order valence-corrected chi connectivity index (χ0v) is 12.0. The summed E-state index contributed by atoms with van der Waals surface area (Å²) >= 11 is 0. The van der Waals surface area contributed by atoms with Crippen molar-refractivity contribution in [2.75, 3.05) is 11.9 Å². The number of rotatable bonds is 2. The second-order valence-corrected chi connectivity index (χ2v) is 4.60. The molecular formula is C17H16N2O2. The number of aliphatic hydroxyl groups is 1. The molecule has 0 unspecified atom stereocenters. The van der Waals surface area contributed by atoms with Gasteiger partial charge in [0.2, 0.25) is 0 Å². The molecule has 0 fully saturated rings. The average Bonchev–Trinajstić information content (AvgIpc) is 2.49. The summed E-state index contributed by atoms with van der Waals surface area (Å²) < 4.78 is 0. The van der Waals surface area contributed by atoms with E-state index in [1.165, 1.54) is 6.20 Å². The van der Waals surface area contributed by atoms with Gasteiger partial charge in [-0.3, -0.25) is 9.78 Å². The van der Waals surface area contributed by atoms with Crippen molar-refractivity contribution in [3.63, 3.8) is 0 Å². The van der Waals surface area contributed by atoms with Gasteiger partial charge in [-0.25, -0.2) is 0 Å². The normalized spacial score (nSPS) is 9.67. The molecule has 1 aromatic carbocycles. The van der Waals surface area contributed by atoms with Crippen molar-refractivity contribution in [2.24, 2.45) is 0 Å². The number of anilines is 1. The monoisotopic (exact) mass is 280 g/mol. The molecule has 4 nitrogen and oxygen atoms in total. The lowest BCUT2D eigenvalue weighted by atomic mass is 10.1. The van der Waals surface area contributed by atoms with Crippen LogP contribution in [0.1, 0.15) is 27.0 Å². The SMILES string of the molecule is Cc1cccc(C)c1NC(=O)c1ccncc1C#CCO. The Morgan fingerprint density at radius 2 is 2.00 bits per heavy atom. The standard InChI is InChI=1S/C17H16N2O2/c1-12-5-3-6-13(2)16(12)19-17(21)15-8-9-18-11-14(15)7-4-10-20/h3,5-6,8-9,11,20H,10H2,1-2H3,(H,19,21). The largest absolute Gasteiger partial charge is 0.384 e. The highest BCUT2D eigenvalue weighted by atomic mass is 16.2. The van der Waals surface area contributed by atoms with Crippen LogP contribution in [0.5, 0.6) is 0 Å². The van der Waals surface area contributed by atoms with Crippen molar-refractivity contribution < 1.29 is 9.90 Å². The van der Waals surface area contributed by atoms with Gasteiger partial charge in [-0.1, -0.05) is 30.0 Å². The summed E-state index contributed by atoms with van der Waals surface area (Å²) in [6.07, 6.45) is 3.06. The van der Waals surface area contributed by atoms with Crippen LogP contribution in [0.25, 0.3) is 0 Å². The lowest BCUT2D eigenvalue weighted by Crippen LogP contribution is -2.15. The van der Waals surface area contributed by atoms with Gasteiger partial charge in [-0.15, -0.1) is 0 Å². The molecule has 1 heterocycles. The van der Waals surface area contributed by atoms with Gasteiger partial charge in [0.1, 0.15) is 6.61 Å². The lowest BCUT2D eigenvalue weighted by molar-refractivity contribution is 0.102. The third kappa shape index (κ3) is 3.47. The molecule has 0 bridgehead atoms. The summed E-state index contributed by atoms with van der Waals surface area (Å²) in [7, 11) is 0. The van der Waals surface area contributed by atoms with Crippen molar-refractivity contribution in [1.82, 2.24) is 4.98 Å². The third-order valence-corrected chi connectivity index (χ3v) is 3.09. The van der Waals surface area contributed by atoms with E-state index >= 15 is 0 Å². The molecule has 0 atom stereocenters. The second-order valence-electron chi connectivity index (χ2n) is 4.60. The van der Waals surface area contributed by atoms with E-state index in [1.807, 2.05) is 32.0 Å². The van der Waals surface area contributed by atoms with E-state index in [9.17, 15) is 4.79 Å². The van der Waals surface area contributed by atoms with Gasteiger partial charge in [0.25, 0.3) is 5.91 Å². The Hall–Kier alpha value is -2.64. The van der Waals surface area contributed by atoms with Crippen LogP contribution in [-0.4, -0.2) is 22.6 Å². The molecule has 0 aliphatic carbocycles. The van der Waals surface area contributed by atoms with Gasteiger partial charge >= 0.3 is 0 Å². The Labute approximate surface area is 123 Å². The van der Waals surface area contributed by atoms with E-state index in [0.29, 0.717) is 11.1 Å². The molecule has 0 radical (unpaired) electrons. The van der Waals surface area contributed by atoms with Crippen LogP contribution in [0.4, 0.5) is 5.69 Å². The van der Waals surface area contributed by atoms with E-state index in [4.69, 9.17) is 5.11 Å². The molecule has 2 rings (SSSR count). The quantitative estimate of drug-likeness (QED) is 0.830. The van der Waals surface area contributed by atoms with Crippen LogP contribution >= 0.6 is 0 Å². The molecule has 0 saturated carbocycles. The molecule has 21 heavy (non-hydrogen) atoms. The molecule has 0 saturated heterocycles. The number of carbonyl (C=O) groups is 1. The van der Waals surface area contributed by atoms with Crippen LogP contribution in [0.2, 0.25) is 0 Å². The summed E-state index contributed by atoms with van der Waals surface area (Å²) in [5.41, 5.74) is 3.74. The molecule has 1 aromatic heterocycles. The van der Waals surface area contributed by atoms with Gasteiger partial charge in [-0.2, -0.15) is 0 Å². The Balaban J connectivity index is 2.33. The number of aromatic nitrogens is 1. The van der Waals surface area contributed by atoms with E-state index < -0.39 is 0 Å². The first-order valence-corrected chi connectivity index (χ1v) is 6.55. The first-order valence-electron chi connectivity index (χ1n) is 6.55. The van der Waals surface area contributed by atoms with E-state index in [1.54, 1.807) is 12.3 Å². The Kier molecular flexibility index (Phi) is 4.70. The molecular weight excluding hydrogens is 264 g/mol. The molecule has 4 heteroatoms. The first-order chi connectivity index (χ1) is 10.1. The van der Waals surface area contributed by atoms with E-state index in [-0.39, 0.29) is 12.5 Å². The van der Waals surface area contributed by atoms with Crippen LogP contribution in [0.3, 0.4) is 0 Å². The number of amides is 1. The van der Waals surface area contributed by atoms with E-state index in [2.05, 4.69) is 22.1 Å². The number of nitrogens with one attached hydrogen (secondary N) is 1. The Morgan fingerprint density at radius 3 is 2.67 bits per heavy atom. The molecule has 0 aliphatic heterocycles. The van der Waals surface area contributed by atoms with Crippen molar-refractivity contribution in [3.05, 3.63) is 58.9 Å². The van der Waals surface area contributed by atoms with Crippen molar-refractivity contribution in [2.45, 2.75) is 13.8 Å². The topological polar surface area (TPSA) is 62.2 Å². The minimum absolute atomic E-state index is 0.239. The number of nitrogens with zero attached hydrogens (tertiary/aromatic N) is 1. The van der Waals surface area contributed by atoms with Crippen LogP contribution in [-0.2, 0) is 0 Å². The minimum Gasteiger partial charge on any atom is -0.384 e. The van der Waals surface area contributed by atoms with Crippen molar-refractivity contribution in [1.29, 1.82) is 0 Å². The Bertz CT molecular complexity index is 707. The highest BCUT2D eigenvalue weighted by Crippen LogP contribution is 2.20. The zero-order valence-electron chi connectivity index (χ0n) is 12.0. The van der Waals surface area contributed by atoms with Crippen LogP contribution in [0.15, 0.2) is 36.7 Å². The number of hydrogen-bond donors (Lipinski definition) is 2. The van der Waals surface area contributed by atoms with Gasteiger partial charge in [0.05, 0.1) is 11.1 Å². The van der Waals surface area contributed by atoms with Crippen LogP contribution in [0, 0.1) is 25.7 Å². The van der Waals surface area contributed by atoms with Crippen LogP contribution < -0.4 is 5.32 Å². The number of hydrogen-bond acceptors (Lipinski definition) is 3. The van der Waals surface area contributed by atoms with Crippen molar-refractivity contribution in [3.8, 4) is 11.8 Å². The van der Waals surface area contributed by atoms with Gasteiger partial charge < -0.3 is 10.4 Å². The highest BCUT2D eigenvalue weighted by Gasteiger charge is 2.12. The van der Waals surface area contributed by atoms with Crippen molar-refractivity contribution >= 4 is 11.6 Å². The first kappa shape index (κ1) is 14.8. The summed E-state index contributed by atoms with van der Waals surface area (Å²) in [6, 6.07) is 7.46. The average molecular weight is 280 g/mol. The van der Waals surface area contributed by atoms with Gasteiger partial charge in [0.15, 0.2) is 0 Å². The van der Waals surface area contributed by atoms with Gasteiger partial charge in [-0.05, 0) is 31.0 Å². The zero-order chi connectivity index (χ0) is 15.2.